The van der Waals surface area contributed by atoms with E-state index < -0.39 is 0 Å². The molecule has 0 radical (unpaired) electrons. The quantitative estimate of drug-likeness (QED) is 0.837. The van der Waals surface area contributed by atoms with Gasteiger partial charge in [-0.1, -0.05) is 28.1 Å². The minimum absolute atomic E-state index is 0.709. The van der Waals surface area contributed by atoms with E-state index in [4.69, 9.17) is 0 Å². The van der Waals surface area contributed by atoms with Gasteiger partial charge in [0.1, 0.15) is 0 Å². The van der Waals surface area contributed by atoms with Crippen molar-refractivity contribution >= 4 is 15.9 Å². The van der Waals surface area contributed by atoms with Gasteiger partial charge in [0.25, 0.3) is 0 Å². The van der Waals surface area contributed by atoms with Crippen LogP contribution in [0.4, 0.5) is 0 Å². The summed E-state index contributed by atoms with van der Waals surface area (Å²) in [5.41, 5.74) is 2.84. The SMILES string of the molecule is Brc1cccc(C2CCN(Cc3ccncc3)CC2)c1. The molecule has 104 valence electrons. The highest BCUT2D eigenvalue weighted by atomic mass is 79.9. The maximum absolute atomic E-state index is 4.08. The van der Waals surface area contributed by atoms with Gasteiger partial charge in [0, 0.05) is 23.4 Å². The van der Waals surface area contributed by atoms with Crippen molar-refractivity contribution in [2.75, 3.05) is 13.1 Å². The number of rotatable bonds is 3. The van der Waals surface area contributed by atoms with Crippen molar-refractivity contribution in [3.63, 3.8) is 0 Å². The van der Waals surface area contributed by atoms with Crippen LogP contribution in [0.15, 0.2) is 53.3 Å². The molecule has 0 spiro atoms. The van der Waals surface area contributed by atoms with Crippen molar-refractivity contribution in [2.24, 2.45) is 0 Å². The Morgan fingerprint density at radius 2 is 1.85 bits per heavy atom. The molecule has 0 atom stereocenters. The Morgan fingerprint density at radius 3 is 2.55 bits per heavy atom. The van der Waals surface area contributed by atoms with Gasteiger partial charge in [0.15, 0.2) is 0 Å². The minimum atomic E-state index is 0.709. The minimum Gasteiger partial charge on any atom is -0.299 e. The highest BCUT2D eigenvalue weighted by Gasteiger charge is 2.20. The molecule has 0 aliphatic carbocycles. The molecule has 0 amide bonds. The van der Waals surface area contributed by atoms with Crippen LogP contribution in [0.2, 0.25) is 0 Å². The molecule has 3 rings (SSSR count). The van der Waals surface area contributed by atoms with Gasteiger partial charge in [0.2, 0.25) is 0 Å². The predicted octanol–water partition coefficient (Wildman–Crippen LogP) is 4.22. The van der Waals surface area contributed by atoms with E-state index in [0.29, 0.717) is 5.92 Å². The van der Waals surface area contributed by atoms with Crippen LogP contribution in [0.5, 0.6) is 0 Å². The molecule has 0 unspecified atom stereocenters. The summed E-state index contributed by atoms with van der Waals surface area (Å²) in [5.74, 6) is 0.709. The Bertz CT molecular complexity index is 548. The van der Waals surface area contributed by atoms with E-state index in [2.05, 4.69) is 62.2 Å². The summed E-state index contributed by atoms with van der Waals surface area (Å²) in [6.07, 6.45) is 6.26. The van der Waals surface area contributed by atoms with Crippen LogP contribution >= 0.6 is 15.9 Å². The fourth-order valence-electron chi connectivity index (χ4n) is 2.93. The van der Waals surface area contributed by atoms with Crippen LogP contribution in [0.25, 0.3) is 0 Å². The second kappa shape index (κ2) is 6.51. The number of piperidine rings is 1. The molecule has 1 saturated heterocycles. The van der Waals surface area contributed by atoms with Gasteiger partial charge < -0.3 is 0 Å². The van der Waals surface area contributed by atoms with Crippen LogP contribution in [0.3, 0.4) is 0 Å². The van der Waals surface area contributed by atoms with Crippen LogP contribution < -0.4 is 0 Å². The molecule has 1 fully saturated rings. The molecule has 0 N–H and O–H groups in total. The molecule has 0 bridgehead atoms. The summed E-state index contributed by atoms with van der Waals surface area (Å²) in [6.45, 7) is 3.41. The summed E-state index contributed by atoms with van der Waals surface area (Å²) in [6, 6.07) is 13.0. The Balaban J connectivity index is 1.57. The monoisotopic (exact) mass is 330 g/mol. The predicted molar refractivity (Wildman–Crippen MR) is 85.6 cm³/mol. The Morgan fingerprint density at radius 1 is 1.10 bits per heavy atom. The second-order valence-corrected chi connectivity index (χ2v) is 6.38. The molecule has 2 heterocycles. The van der Waals surface area contributed by atoms with Crippen LogP contribution in [0.1, 0.15) is 29.9 Å². The number of pyridine rings is 1. The van der Waals surface area contributed by atoms with Crippen LogP contribution in [-0.2, 0) is 6.54 Å². The Hall–Kier alpha value is -1.19. The first-order valence-corrected chi connectivity index (χ1v) is 7.97. The molecular formula is C17H19BrN2. The zero-order valence-corrected chi connectivity index (χ0v) is 13.1. The number of halogens is 1. The highest BCUT2D eigenvalue weighted by molar-refractivity contribution is 9.10. The molecule has 2 nitrogen and oxygen atoms in total. The average molecular weight is 331 g/mol. The topological polar surface area (TPSA) is 16.1 Å². The van der Waals surface area contributed by atoms with Crippen molar-refractivity contribution in [1.82, 2.24) is 9.88 Å². The van der Waals surface area contributed by atoms with Crippen molar-refractivity contribution < 1.29 is 0 Å². The largest absolute Gasteiger partial charge is 0.299 e. The van der Waals surface area contributed by atoms with Gasteiger partial charge in [-0.2, -0.15) is 0 Å². The first-order valence-electron chi connectivity index (χ1n) is 7.18. The second-order valence-electron chi connectivity index (χ2n) is 5.46. The average Bonchev–Trinajstić information content (AvgIpc) is 2.49. The maximum Gasteiger partial charge on any atom is 0.0271 e. The fourth-order valence-corrected chi connectivity index (χ4v) is 3.35. The van der Waals surface area contributed by atoms with E-state index in [1.54, 1.807) is 0 Å². The lowest BCUT2D eigenvalue weighted by atomic mass is 9.89. The van der Waals surface area contributed by atoms with E-state index in [1.165, 1.54) is 41.5 Å². The number of likely N-dealkylation sites (tertiary alicyclic amines) is 1. The Kier molecular flexibility index (Phi) is 4.48. The summed E-state index contributed by atoms with van der Waals surface area (Å²) in [4.78, 5) is 6.62. The van der Waals surface area contributed by atoms with E-state index in [9.17, 15) is 0 Å². The third kappa shape index (κ3) is 3.47. The van der Waals surface area contributed by atoms with Crippen molar-refractivity contribution in [2.45, 2.75) is 25.3 Å². The molecule has 0 saturated carbocycles. The number of nitrogens with zero attached hydrogens (tertiary/aromatic N) is 2. The summed E-state index contributed by atoms with van der Waals surface area (Å²) in [7, 11) is 0. The van der Waals surface area contributed by atoms with Gasteiger partial charge in [-0.15, -0.1) is 0 Å². The van der Waals surface area contributed by atoms with Gasteiger partial charge in [-0.25, -0.2) is 0 Å². The molecule has 20 heavy (non-hydrogen) atoms. The smallest absolute Gasteiger partial charge is 0.0271 e. The molecule has 1 aromatic heterocycles. The molecule has 1 aliphatic rings. The van der Waals surface area contributed by atoms with Crippen LogP contribution in [0, 0.1) is 0 Å². The molecule has 3 heteroatoms. The first kappa shape index (κ1) is 13.8. The normalized spacial score (nSPS) is 17.2. The maximum atomic E-state index is 4.08. The van der Waals surface area contributed by atoms with Gasteiger partial charge in [-0.3, -0.25) is 9.88 Å². The standard InChI is InChI=1S/C17H19BrN2/c18-17-3-1-2-16(12-17)15-6-10-20(11-7-15)13-14-4-8-19-9-5-14/h1-5,8-9,12,15H,6-7,10-11,13H2. The van der Waals surface area contributed by atoms with Crippen molar-refractivity contribution in [3.8, 4) is 0 Å². The van der Waals surface area contributed by atoms with Gasteiger partial charge >= 0.3 is 0 Å². The lowest BCUT2D eigenvalue weighted by Gasteiger charge is -2.32. The molecule has 1 aliphatic heterocycles. The third-order valence-corrected chi connectivity index (χ3v) is 4.56. The summed E-state index contributed by atoms with van der Waals surface area (Å²) < 4.78 is 1.19. The van der Waals surface area contributed by atoms with Gasteiger partial charge in [-0.05, 0) is 67.2 Å². The van der Waals surface area contributed by atoms with Crippen LogP contribution in [-0.4, -0.2) is 23.0 Å². The number of aromatic nitrogens is 1. The summed E-state index contributed by atoms with van der Waals surface area (Å²) in [5, 5.41) is 0. The van der Waals surface area contributed by atoms with E-state index in [0.717, 1.165) is 6.54 Å². The third-order valence-electron chi connectivity index (χ3n) is 4.06. The molecule has 2 aromatic rings. The lowest BCUT2D eigenvalue weighted by Crippen LogP contribution is -2.32. The van der Waals surface area contributed by atoms with Crippen molar-refractivity contribution in [1.29, 1.82) is 0 Å². The number of hydrogen-bond donors (Lipinski definition) is 0. The van der Waals surface area contributed by atoms with E-state index in [-0.39, 0.29) is 0 Å². The Labute approximate surface area is 129 Å². The highest BCUT2D eigenvalue weighted by Crippen LogP contribution is 2.30. The van der Waals surface area contributed by atoms with E-state index >= 15 is 0 Å². The lowest BCUT2D eigenvalue weighted by molar-refractivity contribution is 0.204. The molecular weight excluding hydrogens is 312 g/mol. The number of benzene rings is 1. The number of hydrogen-bond acceptors (Lipinski definition) is 2. The molecule has 1 aromatic carbocycles. The summed E-state index contributed by atoms with van der Waals surface area (Å²) >= 11 is 3.57. The first-order chi connectivity index (χ1) is 9.81. The fraction of sp³-hybridized carbons (Fsp3) is 0.353. The van der Waals surface area contributed by atoms with Gasteiger partial charge in [0.05, 0.1) is 0 Å². The zero-order valence-electron chi connectivity index (χ0n) is 11.5. The van der Waals surface area contributed by atoms with E-state index in [1.807, 2.05) is 12.4 Å². The van der Waals surface area contributed by atoms with Crippen molar-refractivity contribution in [3.05, 3.63) is 64.4 Å². The zero-order chi connectivity index (χ0) is 13.8.